The maximum absolute atomic E-state index is 15.7. The first-order chi connectivity index (χ1) is 13.7. The van der Waals surface area contributed by atoms with Crippen molar-refractivity contribution in [1.82, 2.24) is 20.1 Å². The number of benzene rings is 1. The third-order valence-corrected chi connectivity index (χ3v) is 5.11. The van der Waals surface area contributed by atoms with Crippen LogP contribution in [-0.4, -0.2) is 42.1 Å². The minimum Gasteiger partial charge on any atom is -0.497 e. The largest absolute Gasteiger partial charge is 0.497 e. The fourth-order valence-electron chi connectivity index (χ4n) is 3.65. The van der Waals surface area contributed by atoms with Gasteiger partial charge in [0.1, 0.15) is 17.1 Å². The van der Waals surface area contributed by atoms with E-state index in [9.17, 15) is 0 Å². The molecular weight excluding hydrogens is 359 g/mol. The average molecular weight is 382 g/mol. The number of nitrogens with zero attached hydrogens (tertiary/aromatic N) is 3. The average Bonchev–Trinajstić information content (AvgIpc) is 3.11. The first-order valence-electron chi connectivity index (χ1n) is 9.36. The standard InChI is InChI=1S/C21H23FN4O2/c1-27-16-7-5-15(6-8-16)26-20(17-4-3-11-24-21(17)28-2)18(22)19(25-26)14-9-12-23-13-10-14/h3-8,11,14,23H,9-10,12-13H2,1-2H3. The van der Waals surface area contributed by atoms with Crippen LogP contribution in [0.15, 0.2) is 42.6 Å². The first-order valence-corrected chi connectivity index (χ1v) is 9.36. The Labute approximate surface area is 163 Å². The SMILES string of the molecule is COc1ccc(-n2nc(C3CCNCC3)c(F)c2-c2cccnc2OC)cc1. The molecule has 3 heterocycles. The molecule has 0 atom stereocenters. The predicted molar refractivity (Wildman–Crippen MR) is 105 cm³/mol. The van der Waals surface area contributed by atoms with E-state index in [0.29, 0.717) is 22.8 Å². The molecule has 1 fully saturated rings. The molecule has 1 aromatic carbocycles. The summed E-state index contributed by atoms with van der Waals surface area (Å²) in [6, 6.07) is 11.0. The molecule has 146 valence electrons. The normalized spacial score (nSPS) is 14.8. The Bertz CT molecular complexity index is 950. The van der Waals surface area contributed by atoms with Crippen LogP contribution in [0.5, 0.6) is 11.6 Å². The number of hydrogen-bond acceptors (Lipinski definition) is 5. The Kier molecular flexibility index (Phi) is 5.25. The molecule has 4 rings (SSSR count). The van der Waals surface area contributed by atoms with Crippen molar-refractivity contribution in [2.45, 2.75) is 18.8 Å². The Balaban J connectivity index is 1.89. The molecule has 1 aliphatic heterocycles. The summed E-state index contributed by atoms with van der Waals surface area (Å²) in [6.45, 7) is 1.73. The number of hydrogen-bond donors (Lipinski definition) is 1. The minimum atomic E-state index is -0.311. The molecule has 0 spiro atoms. The van der Waals surface area contributed by atoms with E-state index in [1.807, 2.05) is 24.3 Å². The summed E-state index contributed by atoms with van der Waals surface area (Å²) in [5, 5.41) is 8.02. The van der Waals surface area contributed by atoms with Crippen LogP contribution in [0.2, 0.25) is 0 Å². The van der Waals surface area contributed by atoms with Gasteiger partial charge in [-0.15, -0.1) is 0 Å². The van der Waals surface area contributed by atoms with E-state index in [1.54, 1.807) is 30.1 Å². The van der Waals surface area contributed by atoms with Crippen LogP contribution in [0.4, 0.5) is 4.39 Å². The second-order valence-electron chi connectivity index (χ2n) is 6.74. The number of methoxy groups -OCH3 is 2. The van der Waals surface area contributed by atoms with E-state index in [4.69, 9.17) is 14.6 Å². The van der Waals surface area contributed by atoms with E-state index in [-0.39, 0.29) is 11.7 Å². The third kappa shape index (κ3) is 3.33. The molecule has 6 nitrogen and oxygen atoms in total. The summed E-state index contributed by atoms with van der Waals surface area (Å²) in [5.74, 6) is 0.875. The molecule has 0 saturated carbocycles. The van der Waals surface area contributed by atoms with Crippen LogP contribution >= 0.6 is 0 Å². The molecule has 3 aromatic rings. The Morgan fingerprint density at radius 3 is 2.50 bits per heavy atom. The predicted octanol–water partition coefficient (Wildman–Crippen LogP) is 3.56. The Morgan fingerprint density at radius 2 is 1.82 bits per heavy atom. The molecule has 1 aliphatic rings. The second-order valence-corrected chi connectivity index (χ2v) is 6.74. The summed E-state index contributed by atoms with van der Waals surface area (Å²) in [4.78, 5) is 4.24. The summed E-state index contributed by atoms with van der Waals surface area (Å²) in [5.41, 5.74) is 2.19. The zero-order valence-electron chi connectivity index (χ0n) is 16.0. The highest BCUT2D eigenvalue weighted by Gasteiger charge is 2.29. The Hall–Kier alpha value is -2.93. The van der Waals surface area contributed by atoms with E-state index in [0.717, 1.165) is 37.4 Å². The van der Waals surface area contributed by atoms with Gasteiger partial charge in [0.05, 0.1) is 25.5 Å². The van der Waals surface area contributed by atoms with Gasteiger partial charge in [-0.1, -0.05) is 0 Å². The molecule has 1 saturated heterocycles. The van der Waals surface area contributed by atoms with Gasteiger partial charge in [-0.05, 0) is 62.3 Å². The maximum Gasteiger partial charge on any atom is 0.222 e. The van der Waals surface area contributed by atoms with E-state index < -0.39 is 0 Å². The number of nitrogens with one attached hydrogen (secondary N) is 1. The van der Waals surface area contributed by atoms with Crippen LogP contribution in [0.3, 0.4) is 0 Å². The topological polar surface area (TPSA) is 61.2 Å². The maximum atomic E-state index is 15.7. The van der Waals surface area contributed by atoms with Crippen LogP contribution in [-0.2, 0) is 0 Å². The number of aromatic nitrogens is 3. The van der Waals surface area contributed by atoms with E-state index >= 15 is 4.39 Å². The van der Waals surface area contributed by atoms with Gasteiger partial charge in [0.25, 0.3) is 0 Å². The first kappa shape index (κ1) is 18.4. The van der Waals surface area contributed by atoms with Gasteiger partial charge in [-0.3, -0.25) is 0 Å². The van der Waals surface area contributed by atoms with E-state index in [2.05, 4.69) is 10.3 Å². The second kappa shape index (κ2) is 7.98. The van der Waals surface area contributed by atoms with Crippen molar-refractivity contribution in [3.05, 3.63) is 54.1 Å². The van der Waals surface area contributed by atoms with Crippen LogP contribution in [0.25, 0.3) is 16.9 Å². The van der Waals surface area contributed by atoms with Crippen molar-refractivity contribution in [2.75, 3.05) is 27.3 Å². The number of rotatable bonds is 5. The van der Waals surface area contributed by atoms with Gasteiger partial charge in [-0.25, -0.2) is 14.1 Å². The fourth-order valence-corrected chi connectivity index (χ4v) is 3.65. The fraction of sp³-hybridized carbons (Fsp3) is 0.333. The minimum absolute atomic E-state index is 0.0853. The van der Waals surface area contributed by atoms with Gasteiger partial charge in [-0.2, -0.15) is 5.10 Å². The van der Waals surface area contributed by atoms with Crippen LogP contribution < -0.4 is 14.8 Å². The highest BCUT2D eigenvalue weighted by Crippen LogP contribution is 2.37. The summed E-state index contributed by atoms with van der Waals surface area (Å²) in [7, 11) is 3.15. The lowest BCUT2D eigenvalue weighted by Gasteiger charge is -2.20. The van der Waals surface area contributed by atoms with Crippen molar-refractivity contribution >= 4 is 0 Å². The Morgan fingerprint density at radius 1 is 1.07 bits per heavy atom. The third-order valence-electron chi connectivity index (χ3n) is 5.11. The summed E-state index contributed by atoms with van der Waals surface area (Å²) >= 11 is 0. The van der Waals surface area contributed by atoms with Crippen molar-refractivity contribution < 1.29 is 13.9 Å². The molecule has 0 amide bonds. The molecule has 0 bridgehead atoms. The lowest BCUT2D eigenvalue weighted by molar-refractivity contribution is 0.399. The number of ether oxygens (including phenoxy) is 2. The molecule has 0 unspecified atom stereocenters. The smallest absolute Gasteiger partial charge is 0.222 e. The number of pyridine rings is 1. The van der Waals surface area contributed by atoms with E-state index in [1.165, 1.54) is 7.11 Å². The molecule has 0 aliphatic carbocycles. The number of halogens is 1. The quantitative estimate of drug-likeness (QED) is 0.731. The van der Waals surface area contributed by atoms with Gasteiger partial charge < -0.3 is 14.8 Å². The molecule has 28 heavy (non-hydrogen) atoms. The molecule has 1 N–H and O–H groups in total. The van der Waals surface area contributed by atoms with Crippen molar-refractivity contribution in [2.24, 2.45) is 0 Å². The number of piperidine rings is 1. The monoisotopic (exact) mass is 382 g/mol. The summed E-state index contributed by atoms with van der Waals surface area (Å²) < 4.78 is 28.0. The molecule has 7 heteroatoms. The highest BCUT2D eigenvalue weighted by atomic mass is 19.1. The zero-order chi connectivity index (χ0) is 19.5. The van der Waals surface area contributed by atoms with Crippen LogP contribution in [0.1, 0.15) is 24.5 Å². The lowest BCUT2D eigenvalue weighted by atomic mass is 9.94. The van der Waals surface area contributed by atoms with Gasteiger partial charge in [0, 0.05) is 12.1 Å². The van der Waals surface area contributed by atoms with Crippen molar-refractivity contribution in [3.8, 4) is 28.6 Å². The van der Waals surface area contributed by atoms with Gasteiger partial charge in [0.15, 0.2) is 5.82 Å². The van der Waals surface area contributed by atoms with Crippen LogP contribution in [0, 0.1) is 5.82 Å². The highest BCUT2D eigenvalue weighted by molar-refractivity contribution is 5.68. The summed E-state index contributed by atoms with van der Waals surface area (Å²) in [6.07, 6.45) is 3.35. The van der Waals surface area contributed by atoms with Crippen molar-refractivity contribution in [1.29, 1.82) is 0 Å². The van der Waals surface area contributed by atoms with Crippen molar-refractivity contribution in [3.63, 3.8) is 0 Å². The zero-order valence-corrected chi connectivity index (χ0v) is 16.0. The molecule has 2 aromatic heterocycles. The van der Waals surface area contributed by atoms with Gasteiger partial charge >= 0.3 is 0 Å². The lowest BCUT2D eigenvalue weighted by Crippen LogP contribution is -2.27. The molecule has 0 radical (unpaired) electrons. The van der Waals surface area contributed by atoms with Gasteiger partial charge in [0.2, 0.25) is 5.88 Å². The molecular formula is C21H23FN4O2.